The predicted octanol–water partition coefficient (Wildman–Crippen LogP) is 6.03. The lowest BCUT2D eigenvalue weighted by atomic mass is 10.1. The van der Waals surface area contributed by atoms with E-state index in [0.717, 1.165) is 28.2 Å². The lowest BCUT2D eigenvalue weighted by Crippen LogP contribution is -2.11. The molecule has 0 aliphatic carbocycles. The van der Waals surface area contributed by atoms with Gasteiger partial charge in [0.25, 0.3) is 0 Å². The van der Waals surface area contributed by atoms with Crippen LogP contribution in [0.5, 0.6) is 0 Å². The summed E-state index contributed by atoms with van der Waals surface area (Å²) in [7, 11) is 0. The lowest BCUT2D eigenvalue weighted by molar-refractivity contribution is 0.685. The van der Waals surface area contributed by atoms with Gasteiger partial charge in [-0.1, -0.05) is 37.0 Å². The fourth-order valence-corrected chi connectivity index (χ4v) is 3.47. The zero-order chi connectivity index (χ0) is 18.5. The molecule has 0 spiro atoms. The highest BCUT2D eigenvalue weighted by atomic mass is 35.5. The third-order valence-corrected chi connectivity index (χ3v) is 4.92. The normalized spacial score (nSPS) is 12.4. The van der Waals surface area contributed by atoms with Gasteiger partial charge >= 0.3 is 0 Å². The van der Waals surface area contributed by atoms with Gasteiger partial charge in [0.05, 0.1) is 22.6 Å². The van der Waals surface area contributed by atoms with Gasteiger partial charge in [0.15, 0.2) is 0 Å². The monoisotopic (exact) mass is 404 g/mol. The summed E-state index contributed by atoms with van der Waals surface area (Å²) >= 11 is 14.1. The van der Waals surface area contributed by atoms with E-state index in [1.54, 1.807) is 29.2 Å². The lowest BCUT2D eigenvalue weighted by Gasteiger charge is -2.07. The molecule has 134 valence electrons. The molecule has 0 fully saturated rings. The predicted molar refractivity (Wildman–Crippen MR) is 111 cm³/mol. The molecule has 3 aromatic rings. The highest BCUT2D eigenvalue weighted by molar-refractivity contribution is 7.07. The van der Waals surface area contributed by atoms with Crippen molar-refractivity contribution >= 4 is 46.4 Å². The summed E-state index contributed by atoms with van der Waals surface area (Å²) in [6.45, 7) is 4.31. The van der Waals surface area contributed by atoms with Crippen molar-refractivity contribution in [3.05, 3.63) is 63.0 Å². The Balaban J connectivity index is 2.15. The van der Waals surface area contributed by atoms with E-state index in [4.69, 9.17) is 23.2 Å². The van der Waals surface area contributed by atoms with E-state index in [2.05, 4.69) is 28.9 Å². The van der Waals surface area contributed by atoms with Crippen LogP contribution in [-0.4, -0.2) is 15.9 Å². The molecule has 0 unspecified atom stereocenters. The number of rotatable bonds is 5. The molecule has 4 nitrogen and oxygen atoms in total. The molecule has 0 aliphatic heterocycles. The SMILES string of the molecule is CC(C)CC=Nn1c(-c2cc(Cl)ccc2Cl)csc1=Nc1cccnc1. The average Bonchev–Trinajstić information content (AvgIpc) is 3.00. The Bertz CT molecular complexity index is 975. The number of hydrogen-bond donors (Lipinski definition) is 0. The van der Waals surface area contributed by atoms with Crippen molar-refractivity contribution < 1.29 is 0 Å². The van der Waals surface area contributed by atoms with E-state index in [1.165, 1.54) is 11.3 Å². The Morgan fingerprint density at radius 1 is 1.27 bits per heavy atom. The molecule has 2 aromatic heterocycles. The molecule has 0 radical (unpaired) electrons. The van der Waals surface area contributed by atoms with Crippen LogP contribution in [0.15, 0.2) is 58.2 Å². The van der Waals surface area contributed by atoms with Gasteiger partial charge in [-0.3, -0.25) is 4.98 Å². The van der Waals surface area contributed by atoms with Crippen LogP contribution in [-0.2, 0) is 0 Å². The molecule has 7 heteroatoms. The molecule has 0 amide bonds. The van der Waals surface area contributed by atoms with Crippen LogP contribution in [0, 0.1) is 5.92 Å². The number of benzene rings is 1. The number of thiazole rings is 1. The van der Waals surface area contributed by atoms with Crippen LogP contribution in [0.1, 0.15) is 20.3 Å². The molecule has 0 bridgehead atoms. The molecule has 26 heavy (non-hydrogen) atoms. The third kappa shape index (κ3) is 4.61. The summed E-state index contributed by atoms with van der Waals surface area (Å²) in [5, 5.41) is 7.86. The van der Waals surface area contributed by atoms with Gasteiger partial charge in [-0.15, -0.1) is 11.3 Å². The van der Waals surface area contributed by atoms with E-state index in [0.29, 0.717) is 16.0 Å². The maximum atomic E-state index is 6.40. The van der Waals surface area contributed by atoms with E-state index in [-0.39, 0.29) is 0 Å². The molecule has 0 saturated heterocycles. The number of hydrogen-bond acceptors (Lipinski definition) is 4. The Labute approximate surface area is 166 Å². The second-order valence-electron chi connectivity index (χ2n) is 6.09. The quantitative estimate of drug-likeness (QED) is 0.478. The topological polar surface area (TPSA) is 42.5 Å². The minimum atomic E-state index is 0.523. The highest BCUT2D eigenvalue weighted by Crippen LogP contribution is 2.31. The Morgan fingerprint density at radius 2 is 2.12 bits per heavy atom. The van der Waals surface area contributed by atoms with Crippen LogP contribution in [0.25, 0.3) is 11.3 Å². The Morgan fingerprint density at radius 3 is 2.85 bits per heavy atom. The summed E-state index contributed by atoms with van der Waals surface area (Å²) in [6, 6.07) is 9.16. The minimum absolute atomic E-state index is 0.523. The fourth-order valence-electron chi connectivity index (χ4n) is 2.24. The Kier molecular flexibility index (Phi) is 6.25. The highest BCUT2D eigenvalue weighted by Gasteiger charge is 2.12. The maximum Gasteiger partial charge on any atom is 0.211 e. The molecule has 1 aromatic carbocycles. The van der Waals surface area contributed by atoms with E-state index >= 15 is 0 Å². The van der Waals surface area contributed by atoms with Gasteiger partial charge in [-0.05, 0) is 42.7 Å². The van der Waals surface area contributed by atoms with Gasteiger partial charge in [-0.2, -0.15) is 5.10 Å². The molecular formula is C19H18Cl2N4S. The molecular weight excluding hydrogens is 387 g/mol. The average molecular weight is 405 g/mol. The van der Waals surface area contributed by atoms with Crippen molar-refractivity contribution in [3.8, 4) is 11.3 Å². The third-order valence-electron chi connectivity index (χ3n) is 3.53. The molecule has 0 aliphatic rings. The first-order chi connectivity index (χ1) is 12.5. The first-order valence-corrected chi connectivity index (χ1v) is 9.81. The number of nitrogens with zero attached hydrogens (tertiary/aromatic N) is 4. The van der Waals surface area contributed by atoms with Gasteiger partial charge < -0.3 is 0 Å². The molecule has 0 N–H and O–H groups in total. The first-order valence-electron chi connectivity index (χ1n) is 8.18. The summed E-state index contributed by atoms with van der Waals surface area (Å²) in [4.78, 5) is 9.52. The number of halogens is 2. The second-order valence-corrected chi connectivity index (χ2v) is 7.77. The van der Waals surface area contributed by atoms with Crippen molar-refractivity contribution in [2.75, 3.05) is 0 Å². The summed E-state index contributed by atoms with van der Waals surface area (Å²) in [5.41, 5.74) is 2.45. The second kappa shape index (κ2) is 8.62. The summed E-state index contributed by atoms with van der Waals surface area (Å²) in [6.07, 6.45) is 6.22. The largest absolute Gasteiger partial charge is 0.262 e. The molecule has 3 rings (SSSR count). The standard InChI is InChI=1S/C19H18Cl2N4S/c1-13(2)7-9-23-25-18(16-10-14(20)5-6-17(16)21)12-26-19(25)24-15-4-3-8-22-11-15/h3-6,8-13H,7H2,1-2H3. The van der Waals surface area contributed by atoms with Crippen molar-refractivity contribution in [3.63, 3.8) is 0 Å². The van der Waals surface area contributed by atoms with Crippen LogP contribution in [0.2, 0.25) is 10.0 Å². The maximum absolute atomic E-state index is 6.40. The van der Waals surface area contributed by atoms with Crippen LogP contribution in [0.4, 0.5) is 5.69 Å². The van der Waals surface area contributed by atoms with Gasteiger partial charge in [0, 0.05) is 28.4 Å². The van der Waals surface area contributed by atoms with Crippen LogP contribution >= 0.6 is 34.5 Å². The van der Waals surface area contributed by atoms with Crippen LogP contribution < -0.4 is 4.80 Å². The van der Waals surface area contributed by atoms with E-state index in [9.17, 15) is 0 Å². The van der Waals surface area contributed by atoms with Gasteiger partial charge in [-0.25, -0.2) is 9.67 Å². The van der Waals surface area contributed by atoms with Crippen molar-refractivity contribution in [2.24, 2.45) is 16.0 Å². The van der Waals surface area contributed by atoms with E-state index in [1.807, 2.05) is 29.8 Å². The molecule has 0 saturated carbocycles. The summed E-state index contributed by atoms with van der Waals surface area (Å²) < 4.78 is 1.80. The molecule has 0 atom stereocenters. The molecule has 2 heterocycles. The zero-order valence-electron chi connectivity index (χ0n) is 14.4. The number of pyridine rings is 1. The Hall–Kier alpha value is -1.95. The van der Waals surface area contributed by atoms with E-state index < -0.39 is 0 Å². The smallest absolute Gasteiger partial charge is 0.211 e. The number of aromatic nitrogens is 2. The first kappa shape index (κ1) is 18.8. The van der Waals surface area contributed by atoms with Crippen LogP contribution in [0.3, 0.4) is 0 Å². The van der Waals surface area contributed by atoms with Crippen molar-refractivity contribution in [2.45, 2.75) is 20.3 Å². The summed E-state index contributed by atoms with van der Waals surface area (Å²) in [5.74, 6) is 0.523. The van der Waals surface area contributed by atoms with Crippen molar-refractivity contribution in [1.29, 1.82) is 0 Å². The van der Waals surface area contributed by atoms with Gasteiger partial charge in [0.2, 0.25) is 4.80 Å². The zero-order valence-corrected chi connectivity index (χ0v) is 16.8. The van der Waals surface area contributed by atoms with Gasteiger partial charge in [0.1, 0.15) is 0 Å². The fraction of sp³-hybridized carbons (Fsp3) is 0.211. The minimum Gasteiger partial charge on any atom is -0.262 e. The van der Waals surface area contributed by atoms with Crippen molar-refractivity contribution in [1.82, 2.24) is 9.66 Å².